The summed E-state index contributed by atoms with van der Waals surface area (Å²) in [4.78, 5) is 17.7. The zero-order valence-electron chi connectivity index (χ0n) is 12.3. The molecule has 0 radical (unpaired) electrons. The first kappa shape index (κ1) is 14.2. The van der Waals surface area contributed by atoms with Crippen molar-refractivity contribution in [2.24, 2.45) is 0 Å². The van der Waals surface area contributed by atoms with E-state index in [1.54, 1.807) is 24.3 Å². The molecule has 1 aromatic heterocycles. The molecule has 22 heavy (non-hydrogen) atoms. The van der Waals surface area contributed by atoms with E-state index in [1.807, 2.05) is 30.3 Å². The van der Waals surface area contributed by atoms with Crippen molar-refractivity contribution in [2.45, 2.75) is 13.1 Å². The molecule has 6 nitrogen and oxygen atoms in total. The smallest absolute Gasteiger partial charge is 0.317 e. The molecule has 3 rings (SSSR count). The van der Waals surface area contributed by atoms with Gasteiger partial charge < -0.3 is 19.7 Å². The standard InChI is InChI=1S/C16H17N3O3/c1-19(16(20)18-9-13-3-2-6-17-8-13)10-12-4-5-14-15(7-12)22-11-21-14/h2-8H,9-11H2,1H3,(H,18,20). The van der Waals surface area contributed by atoms with E-state index >= 15 is 0 Å². The average Bonchev–Trinajstić information content (AvgIpc) is 3.01. The van der Waals surface area contributed by atoms with Crippen LogP contribution in [-0.2, 0) is 13.1 Å². The van der Waals surface area contributed by atoms with Crippen molar-refractivity contribution >= 4 is 6.03 Å². The van der Waals surface area contributed by atoms with Gasteiger partial charge in [-0.05, 0) is 29.3 Å². The monoisotopic (exact) mass is 299 g/mol. The Morgan fingerprint density at radius 3 is 2.95 bits per heavy atom. The summed E-state index contributed by atoms with van der Waals surface area (Å²) in [5, 5.41) is 2.86. The van der Waals surface area contributed by atoms with Gasteiger partial charge in [-0.25, -0.2) is 4.79 Å². The second-order valence-electron chi connectivity index (χ2n) is 5.06. The van der Waals surface area contributed by atoms with Crippen LogP contribution >= 0.6 is 0 Å². The predicted octanol–water partition coefficient (Wildman–Crippen LogP) is 2.15. The van der Waals surface area contributed by atoms with E-state index in [2.05, 4.69) is 10.3 Å². The third kappa shape index (κ3) is 3.28. The minimum Gasteiger partial charge on any atom is -0.454 e. The van der Waals surface area contributed by atoms with Gasteiger partial charge in [-0.2, -0.15) is 0 Å². The number of nitrogens with one attached hydrogen (secondary N) is 1. The summed E-state index contributed by atoms with van der Waals surface area (Å²) in [5.74, 6) is 1.47. The van der Waals surface area contributed by atoms with Gasteiger partial charge in [0.15, 0.2) is 11.5 Å². The molecule has 1 aromatic carbocycles. The van der Waals surface area contributed by atoms with Gasteiger partial charge in [-0.1, -0.05) is 12.1 Å². The van der Waals surface area contributed by atoms with Gasteiger partial charge in [0.25, 0.3) is 0 Å². The van der Waals surface area contributed by atoms with Crippen molar-refractivity contribution in [3.63, 3.8) is 0 Å². The van der Waals surface area contributed by atoms with Gasteiger partial charge in [0, 0.05) is 32.5 Å². The molecule has 2 amide bonds. The number of hydrogen-bond donors (Lipinski definition) is 1. The Kier molecular flexibility index (Phi) is 4.09. The van der Waals surface area contributed by atoms with E-state index in [-0.39, 0.29) is 12.8 Å². The number of fused-ring (bicyclic) bond motifs is 1. The number of urea groups is 1. The third-order valence-electron chi connectivity index (χ3n) is 3.37. The van der Waals surface area contributed by atoms with E-state index < -0.39 is 0 Å². The number of rotatable bonds is 4. The minimum absolute atomic E-state index is 0.137. The Morgan fingerprint density at radius 1 is 1.27 bits per heavy atom. The van der Waals surface area contributed by atoms with E-state index in [9.17, 15) is 4.79 Å². The van der Waals surface area contributed by atoms with Gasteiger partial charge in [0.2, 0.25) is 6.79 Å². The molecule has 0 aliphatic carbocycles. The fraction of sp³-hybridized carbons (Fsp3) is 0.250. The summed E-state index contributed by atoms with van der Waals surface area (Å²) in [7, 11) is 1.75. The van der Waals surface area contributed by atoms with Gasteiger partial charge in [0.1, 0.15) is 0 Å². The first-order valence-electron chi connectivity index (χ1n) is 6.99. The molecule has 0 saturated carbocycles. The van der Waals surface area contributed by atoms with E-state index in [4.69, 9.17) is 9.47 Å². The summed E-state index contributed by atoms with van der Waals surface area (Å²) in [6.07, 6.45) is 3.44. The second kappa shape index (κ2) is 6.34. The Balaban J connectivity index is 1.55. The molecular weight excluding hydrogens is 282 g/mol. The molecule has 2 aromatic rings. The van der Waals surface area contributed by atoms with Crippen molar-refractivity contribution in [3.8, 4) is 11.5 Å². The quantitative estimate of drug-likeness (QED) is 0.939. The maximum absolute atomic E-state index is 12.1. The molecule has 1 N–H and O–H groups in total. The van der Waals surface area contributed by atoms with Crippen molar-refractivity contribution < 1.29 is 14.3 Å². The fourth-order valence-electron chi connectivity index (χ4n) is 2.20. The normalized spacial score (nSPS) is 12.0. The average molecular weight is 299 g/mol. The fourth-order valence-corrected chi connectivity index (χ4v) is 2.20. The van der Waals surface area contributed by atoms with E-state index in [0.717, 1.165) is 22.6 Å². The van der Waals surface area contributed by atoms with Crippen LogP contribution in [0.2, 0.25) is 0 Å². The second-order valence-corrected chi connectivity index (χ2v) is 5.06. The first-order valence-corrected chi connectivity index (χ1v) is 6.99. The zero-order chi connectivity index (χ0) is 15.4. The van der Waals surface area contributed by atoms with Crippen LogP contribution in [0.1, 0.15) is 11.1 Å². The SMILES string of the molecule is CN(Cc1ccc2c(c1)OCO2)C(=O)NCc1cccnc1. The van der Waals surface area contributed by atoms with Crippen molar-refractivity contribution in [3.05, 3.63) is 53.9 Å². The lowest BCUT2D eigenvalue weighted by molar-refractivity contribution is 0.174. The molecule has 114 valence electrons. The summed E-state index contributed by atoms with van der Waals surface area (Å²) < 4.78 is 10.6. The number of pyridine rings is 1. The van der Waals surface area contributed by atoms with E-state index in [1.165, 1.54) is 0 Å². The minimum atomic E-state index is -0.137. The zero-order valence-corrected chi connectivity index (χ0v) is 12.3. The van der Waals surface area contributed by atoms with Gasteiger partial charge in [-0.15, -0.1) is 0 Å². The van der Waals surface area contributed by atoms with Crippen molar-refractivity contribution in [2.75, 3.05) is 13.8 Å². The molecule has 0 unspecified atom stereocenters. The molecule has 1 aliphatic rings. The van der Waals surface area contributed by atoms with Crippen LogP contribution in [0.5, 0.6) is 11.5 Å². The Hall–Kier alpha value is -2.76. The lowest BCUT2D eigenvalue weighted by Gasteiger charge is -2.18. The molecule has 2 heterocycles. The molecule has 0 atom stereocenters. The van der Waals surface area contributed by atoms with Crippen LogP contribution in [0.15, 0.2) is 42.7 Å². The molecule has 6 heteroatoms. The van der Waals surface area contributed by atoms with Gasteiger partial charge >= 0.3 is 6.03 Å². The number of carbonyl (C=O) groups is 1. The lowest BCUT2D eigenvalue weighted by atomic mass is 10.2. The van der Waals surface area contributed by atoms with Crippen molar-refractivity contribution in [1.29, 1.82) is 0 Å². The van der Waals surface area contributed by atoms with Crippen LogP contribution in [0.4, 0.5) is 4.79 Å². The van der Waals surface area contributed by atoms with Crippen LogP contribution in [0.3, 0.4) is 0 Å². The number of ether oxygens (including phenoxy) is 2. The van der Waals surface area contributed by atoms with Crippen molar-refractivity contribution in [1.82, 2.24) is 15.2 Å². The predicted molar refractivity (Wildman–Crippen MR) is 80.5 cm³/mol. The summed E-state index contributed by atoms with van der Waals surface area (Å²) >= 11 is 0. The third-order valence-corrected chi connectivity index (χ3v) is 3.37. The lowest BCUT2D eigenvalue weighted by Crippen LogP contribution is -2.36. The molecular formula is C16H17N3O3. The Labute approximate surface area is 128 Å². The highest BCUT2D eigenvalue weighted by atomic mass is 16.7. The molecule has 0 bridgehead atoms. The molecule has 1 aliphatic heterocycles. The van der Waals surface area contributed by atoms with Crippen LogP contribution in [0, 0.1) is 0 Å². The Morgan fingerprint density at radius 2 is 2.14 bits per heavy atom. The molecule has 0 saturated heterocycles. The maximum Gasteiger partial charge on any atom is 0.317 e. The van der Waals surface area contributed by atoms with Crippen LogP contribution in [0.25, 0.3) is 0 Å². The van der Waals surface area contributed by atoms with Crippen LogP contribution < -0.4 is 14.8 Å². The van der Waals surface area contributed by atoms with Gasteiger partial charge in [0.05, 0.1) is 0 Å². The highest BCUT2D eigenvalue weighted by Gasteiger charge is 2.15. The number of nitrogens with zero attached hydrogens (tertiary/aromatic N) is 2. The molecule has 0 fully saturated rings. The Bertz CT molecular complexity index is 661. The van der Waals surface area contributed by atoms with Gasteiger partial charge in [-0.3, -0.25) is 4.98 Å². The number of aromatic nitrogens is 1. The summed E-state index contributed by atoms with van der Waals surface area (Å²) in [6, 6.07) is 9.31. The number of benzene rings is 1. The van der Waals surface area contributed by atoms with Crippen LogP contribution in [-0.4, -0.2) is 29.8 Å². The number of carbonyl (C=O) groups excluding carboxylic acids is 1. The maximum atomic E-state index is 12.1. The highest BCUT2D eigenvalue weighted by molar-refractivity contribution is 5.73. The highest BCUT2D eigenvalue weighted by Crippen LogP contribution is 2.32. The topological polar surface area (TPSA) is 63.7 Å². The summed E-state index contributed by atoms with van der Waals surface area (Å²) in [6.45, 7) is 1.20. The summed E-state index contributed by atoms with van der Waals surface area (Å²) in [5.41, 5.74) is 1.95. The number of hydrogen-bond acceptors (Lipinski definition) is 4. The molecule has 0 spiro atoms. The first-order chi connectivity index (χ1) is 10.7. The largest absolute Gasteiger partial charge is 0.454 e. The number of amides is 2. The van der Waals surface area contributed by atoms with E-state index in [0.29, 0.717) is 13.1 Å².